The summed E-state index contributed by atoms with van der Waals surface area (Å²) in [7, 11) is 0. The van der Waals surface area contributed by atoms with E-state index in [0.29, 0.717) is 30.6 Å². The zero-order valence-electron chi connectivity index (χ0n) is 13.1. The second-order valence-electron chi connectivity index (χ2n) is 5.61. The van der Waals surface area contributed by atoms with Crippen molar-refractivity contribution in [3.05, 3.63) is 64.9 Å². The average Bonchev–Trinajstić information content (AvgIpc) is 2.96. The summed E-state index contributed by atoms with van der Waals surface area (Å²) in [5.74, 6) is 1.25. The third kappa shape index (κ3) is 2.76. The van der Waals surface area contributed by atoms with Gasteiger partial charge in [-0.15, -0.1) is 0 Å². The SMILES string of the molecule is Cc1cccc(C2=N/C(=C/c3ccc4c(c3)OCCO4)C(=O)O2)c1. The molecule has 0 saturated carbocycles. The summed E-state index contributed by atoms with van der Waals surface area (Å²) in [6.45, 7) is 3.04. The van der Waals surface area contributed by atoms with Crippen molar-refractivity contribution in [1.29, 1.82) is 0 Å². The number of esters is 1. The van der Waals surface area contributed by atoms with Crippen LogP contribution in [0, 0.1) is 6.92 Å². The van der Waals surface area contributed by atoms with E-state index < -0.39 is 5.97 Å². The standard InChI is InChI=1S/C19H15NO4/c1-12-3-2-4-14(9-12)18-20-15(19(21)24-18)10-13-5-6-16-17(11-13)23-8-7-22-16/h2-6,9-11H,7-8H2,1H3/b15-10+. The lowest BCUT2D eigenvalue weighted by molar-refractivity contribution is -0.129. The maximum atomic E-state index is 12.1. The number of carbonyl (C=O) groups is 1. The minimum atomic E-state index is -0.457. The normalized spacial score (nSPS) is 17.6. The summed E-state index contributed by atoms with van der Waals surface area (Å²) in [5, 5.41) is 0. The first-order valence-corrected chi connectivity index (χ1v) is 7.68. The van der Waals surface area contributed by atoms with Crippen LogP contribution in [0.3, 0.4) is 0 Å². The number of carbonyl (C=O) groups excluding carboxylic acids is 1. The molecule has 2 aliphatic heterocycles. The quantitative estimate of drug-likeness (QED) is 0.630. The number of hydrogen-bond acceptors (Lipinski definition) is 5. The van der Waals surface area contributed by atoms with Crippen molar-refractivity contribution < 1.29 is 19.0 Å². The monoisotopic (exact) mass is 321 g/mol. The lowest BCUT2D eigenvalue weighted by Crippen LogP contribution is -2.15. The lowest BCUT2D eigenvalue weighted by Gasteiger charge is -2.18. The molecular weight excluding hydrogens is 306 g/mol. The zero-order chi connectivity index (χ0) is 16.5. The summed E-state index contributed by atoms with van der Waals surface area (Å²) < 4.78 is 16.3. The molecule has 0 unspecified atom stereocenters. The van der Waals surface area contributed by atoms with Gasteiger partial charge >= 0.3 is 5.97 Å². The van der Waals surface area contributed by atoms with Crippen LogP contribution >= 0.6 is 0 Å². The van der Waals surface area contributed by atoms with Gasteiger partial charge in [0.05, 0.1) is 0 Å². The molecule has 0 bridgehead atoms. The van der Waals surface area contributed by atoms with E-state index in [4.69, 9.17) is 14.2 Å². The molecule has 5 heteroatoms. The Morgan fingerprint density at radius 1 is 1.04 bits per heavy atom. The molecule has 24 heavy (non-hydrogen) atoms. The predicted molar refractivity (Wildman–Crippen MR) is 89.2 cm³/mol. The highest BCUT2D eigenvalue weighted by Crippen LogP contribution is 2.32. The Morgan fingerprint density at radius 2 is 1.88 bits per heavy atom. The van der Waals surface area contributed by atoms with Crippen molar-refractivity contribution in [2.24, 2.45) is 4.99 Å². The number of nitrogens with zero attached hydrogens (tertiary/aromatic N) is 1. The van der Waals surface area contributed by atoms with Crippen molar-refractivity contribution in [3.63, 3.8) is 0 Å². The molecule has 0 spiro atoms. The maximum Gasteiger partial charge on any atom is 0.363 e. The Hall–Kier alpha value is -3.08. The number of aliphatic imine (C=N–C) groups is 1. The summed E-state index contributed by atoms with van der Waals surface area (Å²) >= 11 is 0. The van der Waals surface area contributed by atoms with Gasteiger partial charge in [0.25, 0.3) is 0 Å². The fourth-order valence-electron chi connectivity index (χ4n) is 2.62. The molecule has 5 nitrogen and oxygen atoms in total. The molecule has 0 aromatic heterocycles. The summed E-state index contributed by atoms with van der Waals surface area (Å²) in [6.07, 6.45) is 1.68. The Bertz CT molecular complexity index is 883. The van der Waals surface area contributed by atoms with Gasteiger partial charge in [-0.05, 0) is 42.8 Å². The fraction of sp³-hybridized carbons (Fsp3) is 0.158. The summed E-state index contributed by atoms with van der Waals surface area (Å²) in [5.41, 5.74) is 2.94. The van der Waals surface area contributed by atoms with Crippen molar-refractivity contribution in [2.45, 2.75) is 6.92 Å². The number of aryl methyl sites for hydroxylation is 1. The molecule has 0 fully saturated rings. The highest BCUT2D eigenvalue weighted by molar-refractivity contribution is 6.12. The van der Waals surface area contributed by atoms with Crippen molar-refractivity contribution in [1.82, 2.24) is 0 Å². The number of benzene rings is 2. The first-order chi connectivity index (χ1) is 11.7. The Morgan fingerprint density at radius 3 is 2.71 bits per heavy atom. The predicted octanol–water partition coefficient (Wildman–Crippen LogP) is 3.11. The van der Waals surface area contributed by atoms with E-state index in [0.717, 1.165) is 16.7 Å². The van der Waals surface area contributed by atoms with E-state index in [2.05, 4.69) is 4.99 Å². The van der Waals surface area contributed by atoms with Crippen molar-refractivity contribution in [3.8, 4) is 11.5 Å². The molecule has 0 saturated heterocycles. The molecule has 2 aromatic carbocycles. The molecule has 0 radical (unpaired) electrons. The molecule has 0 aliphatic carbocycles. The second-order valence-corrected chi connectivity index (χ2v) is 5.61. The largest absolute Gasteiger partial charge is 0.486 e. The van der Waals surface area contributed by atoms with Gasteiger partial charge in [0.2, 0.25) is 5.90 Å². The van der Waals surface area contributed by atoms with Gasteiger partial charge in [-0.1, -0.05) is 23.8 Å². The number of cyclic esters (lactones) is 1. The van der Waals surface area contributed by atoms with Crippen LogP contribution in [-0.4, -0.2) is 25.1 Å². The lowest BCUT2D eigenvalue weighted by atomic mass is 10.1. The molecule has 0 N–H and O–H groups in total. The third-order valence-corrected chi connectivity index (χ3v) is 3.76. The first-order valence-electron chi connectivity index (χ1n) is 7.68. The van der Waals surface area contributed by atoms with Crippen molar-refractivity contribution in [2.75, 3.05) is 13.2 Å². The van der Waals surface area contributed by atoms with Crippen molar-refractivity contribution >= 4 is 17.9 Å². The Labute approximate surface area is 139 Å². The molecule has 2 aliphatic rings. The highest BCUT2D eigenvalue weighted by Gasteiger charge is 2.24. The van der Waals surface area contributed by atoms with Gasteiger partial charge in [0, 0.05) is 5.56 Å². The van der Waals surface area contributed by atoms with E-state index in [1.165, 1.54) is 0 Å². The third-order valence-electron chi connectivity index (χ3n) is 3.76. The maximum absolute atomic E-state index is 12.1. The smallest absolute Gasteiger partial charge is 0.363 e. The van der Waals surface area contributed by atoms with E-state index >= 15 is 0 Å². The van der Waals surface area contributed by atoms with Gasteiger partial charge in [-0.2, -0.15) is 0 Å². The van der Waals surface area contributed by atoms with Gasteiger partial charge in [-0.25, -0.2) is 9.79 Å². The van der Waals surface area contributed by atoms with E-state index in [9.17, 15) is 4.79 Å². The van der Waals surface area contributed by atoms with Gasteiger partial charge in [0.15, 0.2) is 17.2 Å². The van der Waals surface area contributed by atoms with Crippen LogP contribution in [0.2, 0.25) is 0 Å². The number of fused-ring (bicyclic) bond motifs is 1. The van der Waals surface area contributed by atoms with Crippen LogP contribution < -0.4 is 9.47 Å². The van der Waals surface area contributed by atoms with Crippen LogP contribution in [0.15, 0.2) is 53.2 Å². The Balaban J connectivity index is 1.66. The number of ether oxygens (including phenoxy) is 3. The Kier molecular flexibility index (Phi) is 3.54. The molecule has 4 rings (SSSR count). The minimum Gasteiger partial charge on any atom is -0.486 e. The second kappa shape index (κ2) is 5.85. The molecule has 2 aromatic rings. The molecular formula is C19H15NO4. The fourth-order valence-corrected chi connectivity index (χ4v) is 2.62. The van der Waals surface area contributed by atoms with E-state index in [-0.39, 0.29) is 5.70 Å². The van der Waals surface area contributed by atoms with Gasteiger partial charge < -0.3 is 14.2 Å². The van der Waals surface area contributed by atoms with Gasteiger partial charge in [-0.3, -0.25) is 0 Å². The average molecular weight is 321 g/mol. The zero-order valence-corrected chi connectivity index (χ0v) is 13.1. The first kappa shape index (κ1) is 14.5. The highest BCUT2D eigenvalue weighted by atomic mass is 16.6. The number of rotatable bonds is 2. The minimum absolute atomic E-state index is 0.267. The molecule has 0 amide bonds. The van der Waals surface area contributed by atoms with Crippen LogP contribution in [0.5, 0.6) is 11.5 Å². The topological polar surface area (TPSA) is 57.1 Å². The van der Waals surface area contributed by atoms with Crippen LogP contribution in [0.4, 0.5) is 0 Å². The number of hydrogen-bond donors (Lipinski definition) is 0. The molecule has 0 atom stereocenters. The molecule has 2 heterocycles. The molecule has 120 valence electrons. The van der Waals surface area contributed by atoms with E-state index in [1.807, 2.05) is 49.4 Å². The summed E-state index contributed by atoms with van der Waals surface area (Å²) in [4.78, 5) is 16.4. The van der Waals surface area contributed by atoms with Crippen LogP contribution in [0.1, 0.15) is 16.7 Å². The van der Waals surface area contributed by atoms with E-state index in [1.54, 1.807) is 6.08 Å². The van der Waals surface area contributed by atoms with Gasteiger partial charge in [0.1, 0.15) is 13.2 Å². The van der Waals surface area contributed by atoms with Crippen LogP contribution in [-0.2, 0) is 9.53 Å². The summed E-state index contributed by atoms with van der Waals surface area (Å²) in [6, 6.07) is 13.2. The van der Waals surface area contributed by atoms with Crippen LogP contribution in [0.25, 0.3) is 6.08 Å².